The lowest BCUT2D eigenvalue weighted by molar-refractivity contribution is -0.143. The van der Waals surface area contributed by atoms with Crippen molar-refractivity contribution in [3.05, 3.63) is 29.8 Å². The predicted molar refractivity (Wildman–Crippen MR) is 148 cm³/mol. The van der Waals surface area contributed by atoms with Gasteiger partial charge in [0, 0.05) is 36.7 Å². The third-order valence-electron chi connectivity index (χ3n) is 6.81. The van der Waals surface area contributed by atoms with E-state index in [9.17, 15) is 34.2 Å². The average molecular weight is 591 g/mol. The maximum absolute atomic E-state index is 12.7. The van der Waals surface area contributed by atoms with Gasteiger partial charge in [-0.3, -0.25) is 24.3 Å². The molecule has 0 saturated heterocycles. The molecule has 228 valence electrons. The number of benzene rings is 1. The molecule has 0 spiro atoms. The van der Waals surface area contributed by atoms with Crippen LogP contribution in [0.2, 0.25) is 0 Å². The maximum atomic E-state index is 12.7. The van der Waals surface area contributed by atoms with Gasteiger partial charge in [0.1, 0.15) is 24.0 Å². The Hall–Kier alpha value is -4.77. The molecule has 2 aliphatic heterocycles. The van der Waals surface area contributed by atoms with Gasteiger partial charge in [0.15, 0.2) is 12.2 Å². The van der Waals surface area contributed by atoms with E-state index in [0.717, 1.165) is 0 Å². The number of amides is 2. The van der Waals surface area contributed by atoms with Gasteiger partial charge in [0.05, 0.1) is 6.54 Å². The number of likely N-dealkylation sites (N-methyl/N-ethyl adjacent to an activating group) is 1. The van der Waals surface area contributed by atoms with Crippen LogP contribution in [0.4, 0.5) is 5.69 Å². The minimum atomic E-state index is -1.44. The summed E-state index contributed by atoms with van der Waals surface area (Å²) in [5, 5.41) is 48.3. The molecule has 2 heterocycles. The van der Waals surface area contributed by atoms with E-state index < -0.39 is 66.9 Å². The Morgan fingerprint density at radius 2 is 1.64 bits per heavy atom. The Kier molecular flexibility index (Phi) is 10.8. The molecule has 3 rings (SSSR count). The van der Waals surface area contributed by atoms with Gasteiger partial charge >= 0.3 is 17.9 Å². The Morgan fingerprint density at radius 3 is 2.26 bits per heavy atom. The summed E-state index contributed by atoms with van der Waals surface area (Å²) in [5.41, 5.74) is 6.51. The fourth-order valence-electron chi connectivity index (χ4n) is 4.44. The number of aliphatic hydroxyl groups is 1. The van der Waals surface area contributed by atoms with Crippen LogP contribution in [0.3, 0.4) is 0 Å². The number of anilines is 1. The average Bonchev–Trinajstić information content (AvgIpc) is 2.92. The molecule has 0 saturated carbocycles. The first-order chi connectivity index (χ1) is 19.8. The molecule has 0 radical (unpaired) electrons. The van der Waals surface area contributed by atoms with E-state index in [-0.39, 0.29) is 30.4 Å². The second-order valence-electron chi connectivity index (χ2n) is 9.79. The number of aliphatic imine (C=N–C) groups is 2. The summed E-state index contributed by atoms with van der Waals surface area (Å²) >= 11 is 0. The summed E-state index contributed by atoms with van der Waals surface area (Å²) in [5.74, 6) is -4.86. The van der Waals surface area contributed by atoms with Gasteiger partial charge in [0.25, 0.3) is 5.91 Å². The molecule has 0 fully saturated rings. The summed E-state index contributed by atoms with van der Waals surface area (Å²) < 4.78 is 0. The third kappa shape index (κ3) is 8.61. The lowest BCUT2D eigenvalue weighted by Crippen LogP contribution is -2.64. The fourth-order valence-corrected chi connectivity index (χ4v) is 4.44. The number of aliphatic carboxylic acids is 3. The second-order valence-corrected chi connectivity index (χ2v) is 9.79. The molecule has 0 aliphatic carbocycles. The molecule has 2 unspecified atom stereocenters. The van der Waals surface area contributed by atoms with Crippen molar-refractivity contribution in [2.75, 3.05) is 25.5 Å². The third-order valence-corrected chi connectivity index (χ3v) is 6.81. The zero-order valence-electron chi connectivity index (χ0n) is 22.7. The number of guanidine groups is 1. The van der Waals surface area contributed by atoms with Crippen LogP contribution in [0.5, 0.6) is 0 Å². The van der Waals surface area contributed by atoms with E-state index in [1.54, 1.807) is 12.1 Å². The number of nitrogens with two attached hydrogens (primary N) is 1. The number of nitrogens with zero attached hydrogens (tertiary/aromatic N) is 3. The molecule has 42 heavy (non-hydrogen) atoms. The highest BCUT2D eigenvalue weighted by atomic mass is 16.4. The molecule has 2 aliphatic rings. The lowest BCUT2D eigenvalue weighted by atomic mass is 10.1. The van der Waals surface area contributed by atoms with Crippen LogP contribution in [0, 0.1) is 0 Å². The molecule has 17 nitrogen and oxygen atoms in total. The Labute approximate surface area is 239 Å². The van der Waals surface area contributed by atoms with E-state index in [0.29, 0.717) is 24.6 Å². The molecule has 2 amide bonds. The highest BCUT2D eigenvalue weighted by Gasteiger charge is 2.38. The number of amidine groups is 1. The summed E-state index contributed by atoms with van der Waals surface area (Å²) in [6, 6.07) is 2.86. The van der Waals surface area contributed by atoms with Crippen molar-refractivity contribution >= 4 is 47.2 Å². The van der Waals surface area contributed by atoms with Crippen molar-refractivity contribution in [3.8, 4) is 0 Å². The van der Waals surface area contributed by atoms with E-state index in [1.165, 1.54) is 12.1 Å². The molecular formula is C25H34N8O9. The zero-order chi connectivity index (χ0) is 31.0. The smallest absolute Gasteiger partial charge is 0.326 e. The number of carbonyl (C=O) groups is 5. The minimum absolute atomic E-state index is 0.0795. The van der Waals surface area contributed by atoms with Crippen LogP contribution in [0.25, 0.3) is 0 Å². The topological polar surface area (TPSA) is 268 Å². The van der Waals surface area contributed by atoms with E-state index in [1.807, 2.05) is 11.9 Å². The number of carboxylic acid groups (broad SMARTS) is 3. The first-order valence-electron chi connectivity index (χ1n) is 13.0. The Morgan fingerprint density at radius 1 is 1.02 bits per heavy atom. The number of hydrogen-bond acceptors (Lipinski definition) is 12. The van der Waals surface area contributed by atoms with Gasteiger partial charge in [-0.2, -0.15) is 0 Å². The number of hydrogen-bond donors (Lipinski definition) is 9. The van der Waals surface area contributed by atoms with Crippen molar-refractivity contribution < 1.29 is 44.4 Å². The van der Waals surface area contributed by atoms with Gasteiger partial charge in [-0.25, -0.2) is 14.6 Å². The van der Waals surface area contributed by atoms with Gasteiger partial charge in [-0.1, -0.05) is 0 Å². The van der Waals surface area contributed by atoms with Crippen molar-refractivity contribution in [1.82, 2.24) is 20.9 Å². The fraction of sp³-hybridized carbons (Fsp3) is 0.480. The minimum Gasteiger partial charge on any atom is -0.481 e. The molecule has 10 N–H and O–H groups in total. The van der Waals surface area contributed by atoms with Crippen LogP contribution in [-0.4, -0.2) is 117 Å². The zero-order valence-corrected chi connectivity index (χ0v) is 22.7. The number of rotatable bonds is 14. The SMILES string of the molecule is CN1C2C(=NC[C@@H]1CNc1ccc(C(=O)N[C@@H](CCC(=O)N[C@@H](CCC(=O)O)C(=O)O)C(=O)O)cc1)NC(N)=NC2O. The molecular weight excluding hydrogens is 556 g/mol. The first-order valence-corrected chi connectivity index (χ1v) is 13.0. The largest absolute Gasteiger partial charge is 0.481 e. The summed E-state index contributed by atoms with van der Waals surface area (Å²) in [6.45, 7) is 0.903. The molecule has 5 atom stereocenters. The van der Waals surface area contributed by atoms with Gasteiger partial charge < -0.3 is 47.4 Å². The summed E-state index contributed by atoms with van der Waals surface area (Å²) in [4.78, 5) is 68.7. The standard InChI is InChI=1S/C25H34N8O9/c1-33-14(11-28-20-19(33)22(38)32-25(26)31-20)10-27-13-4-2-12(3-5-13)21(37)30-16(24(41)42)6-8-17(34)29-15(23(39)40)7-9-18(35)36/h2-5,14-16,19,22,27,38H,6-11H2,1H3,(H,29,34)(H,30,37)(H,35,36)(H,39,40)(H,41,42)(H3,26,28,31,32)/t14-,15-,16-,19?,22?/m0/s1. The highest BCUT2D eigenvalue weighted by Crippen LogP contribution is 2.19. The predicted octanol–water partition coefficient (Wildman–Crippen LogP) is -2.19. The molecule has 0 bridgehead atoms. The Balaban J connectivity index is 1.50. The monoisotopic (exact) mass is 590 g/mol. The van der Waals surface area contributed by atoms with Gasteiger partial charge in [-0.05, 0) is 44.2 Å². The van der Waals surface area contributed by atoms with Crippen molar-refractivity contribution in [1.29, 1.82) is 0 Å². The molecule has 0 aromatic heterocycles. The van der Waals surface area contributed by atoms with E-state index >= 15 is 0 Å². The van der Waals surface area contributed by atoms with Gasteiger partial charge in [0.2, 0.25) is 5.91 Å². The first kappa shape index (κ1) is 31.8. The summed E-state index contributed by atoms with van der Waals surface area (Å²) in [6.07, 6.45) is -2.59. The van der Waals surface area contributed by atoms with Crippen LogP contribution < -0.4 is 27.0 Å². The van der Waals surface area contributed by atoms with E-state index in [4.69, 9.17) is 15.9 Å². The van der Waals surface area contributed by atoms with E-state index in [2.05, 4.69) is 31.3 Å². The quantitative estimate of drug-likeness (QED) is 0.112. The summed E-state index contributed by atoms with van der Waals surface area (Å²) in [7, 11) is 1.84. The van der Waals surface area contributed by atoms with Crippen molar-refractivity contribution in [3.63, 3.8) is 0 Å². The molecule has 17 heteroatoms. The second kappa shape index (κ2) is 14.2. The van der Waals surface area contributed by atoms with Crippen molar-refractivity contribution in [2.45, 2.75) is 56.1 Å². The van der Waals surface area contributed by atoms with Crippen molar-refractivity contribution in [2.24, 2.45) is 15.7 Å². The normalized spacial score (nSPS) is 21.3. The van der Waals surface area contributed by atoms with Crippen LogP contribution >= 0.6 is 0 Å². The van der Waals surface area contributed by atoms with Crippen LogP contribution in [-0.2, 0) is 19.2 Å². The maximum Gasteiger partial charge on any atom is 0.326 e. The molecule has 1 aromatic rings. The lowest BCUT2D eigenvalue weighted by Gasteiger charge is -2.41. The number of carboxylic acids is 3. The number of nitrogens with one attached hydrogen (secondary N) is 4. The van der Waals surface area contributed by atoms with Gasteiger partial charge in [-0.15, -0.1) is 0 Å². The number of aliphatic hydroxyl groups excluding tert-OH is 1. The number of fused-ring (bicyclic) bond motifs is 1. The number of carbonyl (C=O) groups excluding carboxylic acids is 2. The van der Waals surface area contributed by atoms with Crippen LogP contribution in [0.15, 0.2) is 34.3 Å². The highest BCUT2D eigenvalue weighted by molar-refractivity contribution is 6.04. The van der Waals surface area contributed by atoms with Crippen LogP contribution in [0.1, 0.15) is 36.0 Å². The molecule has 1 aromatic carbocycles. The Bertz CT molecular complexity index is 1250.